The summed E-state index contributed by atoms with van der Waals surface area (Å²) in [5, 5.41) is 11.8. The predicted octanol–water partition coefficient (Wildman–Crippen LogP) is 1.87. The fourth-order valence-corrected chi connectivity index (χ4v) is 4.39. The van der Waals surface area contributed by atoms with Gasteiger partial charge in [0.2, 0.25) is 0 Å². The first-order valence-electron chi connectivity index (χ1n) is 10.3. The number of hydrogen-bond donors (Lipinski definition) is 1. The second-order valence-electron chi connectivity index (χ2n) is 7.94. The molecule has 1 aromatic carbocycles. The van der Waals surface area contributed by atoms with Gasteiger partial charge in [-0.3, -0.25) is 14.7 Å². The Hall–Kier alpha value is -3.20. The van der Waals surface area contributed by atoms with Crippen molar-refractivity contribution >= 4 is 5.91 Å². The highest BCUT2D eigenvalue weighted by Crippen LogP contribution is 2.31. The highest BCUT2D eigenvalue weighted by atomic mass is 16.5. The number of carbonyl (C=O) groups is 1. The number of fused-ring (bicyclic) bond motifs is 1. The Morgan fingerprint density at radius 3 is 2.70 bits per heavy atom. The minimum atomic E-state index is -0.264. The van der Waals surface area contributed by atoms with E-state index in [4.69, 9.17) is 4.74 Å². The fourth-order valence-electron chi connectivity index (χ4n) is 4.39. The van der Waals surface area contributed by atoms with Crippen LogP contribution < -0.4 is 5.56 Å². The number of H-pyrrole nitrogens is 1. The van der Waals surface area contributed by atoms with Gasteiger partial charge in [-0.2, -0.15) is 0 Å². The lowest BCUT2D eigenvalue weighted by atomic mass is 9.99. The maximum atomic E-state index is 13.1. The summed E-state index contributed by atoms with van der Waals surface area (Å²) in [5.74, 6) is 1.92. The number of para-hydroxylation sites is 1. The van der Waals surface area contributed by atoms with Gasteiger partial charge in [-0.25, -0.2) is 4.68 Å². The largest absolute Gasteiger partial charge is 0.381 e. The van der Waals surface area contributed by atoms with Crippen LogP contribution >= 0.6 is 0 Å². The molecule has 156 valence electrons. The van der Waals surface area contributed by atoms with E-state index in [0.717, 1.165) is 37.7 Å². The van der Waals surface area contributed by atoms with Gasteiger partial charge in [0.1, 0.15) is 11.5 Å². The summed E-state index contributed by atoms with van der Waals surface area (Å²) in [4.78, 5) is 27.2. The number of carbonyl (C=O) groups excluding carboxylic acids is 1. The second kappa shape index (κ2) is 7.56. The summed E-state index contributed by atoms with van der Waals surface area (Å²) in [7, 11) is 0. The summed E-state index contributed by atoms with van der Waals surface area (Å²) >= 11 is 0. The van der Waals surface area contributed by atoms with Crippen molar-refractivity contribution in [1.29, 1.82) is 0 Å². The fraction of sp³-hybridized carbons (Fsp3) is 0.429. The van der Waals surface area contributed by atoms with Gasteiger partial charge in [0.15, 0.2) is 5.82 Å². The Labute approximate surface area is 173 Å². The maximum Gasteiger partial charge on any atom is 0.272 e. The molecule has 1 saturated heterocycles. The van der Waals surface area contributed by atoms with E-state index in [9.17, 15) is 9.59 Å². The number of nitrogens with zero attached hydrogens (tertiary/aromatic N) is 5. The van der Waals surface area contributed by atoms with Gasteiger partial charge < -0.3 is 14.2 Å². The number of amides is 1. The molecular formula is C21H24N6O3. The van der Waals surface area contributed by atoms with Crippen LogP contribution in [0.5, 0.6) is 0 Å². The quantitative estimate of drug-likeness (QED) is 0.713. The normalized spacial score (nSPS) is 19.6. The van der Waals surface area contributed by atoms with Crippen molar-refractivity contribution in [3.05, 3.63) is 64.1 Å². The summed E-state index contributed by atoms with van der Waals surface area (Å²) in [6.07, 6.45) is 1.89. The van der Waals surface area contributed by atoms with Gasteiger partial charge in [0, 0.05) is 31.7 Å². The first-order valence-corrected chi connectivity index (χ1v) is 10.3. The Bertz CT molecular complexity index is 1110. The van der Waals surface area contributed by atoms with Crippen LogP contribution in [0.4, 0.5) is 0 Å². The molecule has 9 heteroatoms. The molecule has 30 heavy (non-hydrogen) atoms. The molecule has 0 spiro atoms. The summed E-state index contributed by atoms with van der Waals surface area (Å²) in [6.45, 7) is 4.48. The summed E-state index contributed by atoms with van der Waals surface area (Å²) < 4.78 is 9.03. The third kappa shape index (κ3) is 3.24. The van der Waals surface area contributed by atoms with Gasteiger partial charge in [0.05, 0.1) is 18.3 Å². The molecule has 2 aliphatic rings. The van der Waals surface area contributed by atoms with Crippen LogP contribution in [0.2, 0.25) is 0 Å². The molecule has 0 saturated carbocycles. The summed E-state index contributed by atoms with van der Waals surface area (Å²) in [6, 6.07) is 10.6. The zero-order valence-corrected chi connectivity index (χ0v) is 16.8. The molecule has 0 aliphatic carbocycles. The van der Waals surface area contributed by atoms with Gasteiger partial charge in [-0.1, -0.05) is 18.2 Å². The number of aromatic amines is 1. The van der Waals surface area contributed by atoms with Crippen molar-refractivity contribution in [1.82, 2.24) is 29.4 Å². The number of rotatable bonds is 3. The van der Waals surface area contributed by atoms with E-state index in [0.29, 0.717) is 24.7 Å². The predicted molar refractivity (Wildman–Crippen MR) is 109 cm³/mol. The molecule has 4 heterocycles. The molecule has 2 aliphatic heterocycles. The van der Waals surface area contributed by atoms with E-state index in [1.807, 2.05) is 30.3 Å². The number of benzene rings is 1. The van der Waals surface area contributed by atoms with E-state index >= 15 is 0 Å². The molecule has 1 N–H and O–H groups in total. The Morgan fingerprint density at radius 1 is 1.17 bits per heavy atom. The molecule has 1 amide bonds. The van der Waals surface area contributed by atoms with Crippen LogP contribution in [0.25, 0.3) is 5.69 Å². The van der Waals surface area contributed by atoms with E-state index in [1.54, 1.807) is 4.90 Å². The van der Waals surface area contributed by atoms with Crippen molar-refractivity contribution in [2.45, 2.75) is 38.3 Å². The molecule has 3 aromatic rings. The third-order valence-electron chi connectivity index (χ3n) is 5.89. The smallest absolute Gasteiger partial charge is 0.272 e. The van der Waals surface area contributed by atoms with Crippen molar-refractivity contribution in [3.63, 3.8) is 0 Å². The Kier molecular flexibility index (Phi) is 4.74. The lowest BCUT2D eigenvalue weighted by molar-refractivity contribution is 0.0662. The molecule has 9 nitrogen and oxygen atoms in total. The molecule has 1 fully saturated rings. The molecule has 5 rings (SSSR count). The van der Waals surface area contributed by atoms with Gasteiger partial charge in [-0.05, 0) is 31.9 Å². The highest BCUT2D eigenvalue weighted by molar-refractivity contribution is 5.92. The lowest BCUT2D eigenvalue weighted by Gasteiger charge is -2.33. The number of aromatic nitrogens is 5. The van der Waals surface area contributed by atoms with Crippen LogP contribution in [-0.4, -0.2) is 55.1 Å². The van der Waals surface area contributed by atoms with Crippen molar-refractivity contribution in [2.75, 3.05) is 19.8 Å². The van der Waals surface area contributed by atoms with Crippen LogP contribution in [0.3, 0.4) is 0 Å². The van der Waals surface area contributed by atoms with E-state index in [-0.39, 0.29) is 23.2 Å². The van der Waals surface area contributed by atoms with E-state index in [1.165, 1.54) is 10.7 Å². The number of hydrogen-bond acceptors (Lipinski definition) is 5. The minimum absolute atomic E-state index is 0.0634. The molecule has 2 aromatic heterocycles. The van der Waals surface area contributed by atoms with Crippen LogP contribution in [0.15, 0.2) is 41.2 Å². The molecule has 0 bridgehead atoms. The molecule has 0 radical (unpaired) electrons. The van der Waals surface area contributed by atoms with Gasteiger partial charge >= 0.3 is 0 Å². The lowest BCUT2D eigenvalue weighted by Crippen LogP contribution is -2.41. The van der Waals surface area contributed by atoms with Gasteiger partial charge in [0.25, 0.3) is 11.5 Å². The molecule has 0 unspecified atom stereocenters. The third-order valence-corrected chi connectivity index (χ3v) is 5.89. The van der Waals surface area contributed by atoms with E-state index < -0.39 is 0 Å². The molecular weight excluding hydrogens is 384 g/mol. The van der Waals surface area contributed by atoms with Crippen LogP contribution in [0, 0.1) is 0 Å². The van der Waals surface area contributed by atoms with Crippen LogP contribution in [0.1, 0.15) is 53.9 Å². The zero-order chi connectivity index (χ0) is 20.7. The van der Waals surface area contributed by atoms with Crippen molar-refractivity contribution in [3.8, 4) is 5.69 Å². The monoisotopic (exact) mass is 408 g/mol. The van der Waals surface area contributed by atoms with Crippen LogP contribution in [-0.2, 0) is 11.3 Å². The van der Waals surface area contributed by atoms with E-state index in [2.05, 4.69) is 26.8 Å². The number of nitrogens with one attached hydrogen (secondary N) is 1. The summed E-state index contributed by atoms with van der Waals surface area (Å²) in [5.41, 5.74) is 0.697. The minimum Gasteiger partial charge on any atom is -0.381 e. The average Bonchev–Trinajstić information content (AvgIpc) is 3.38. The SMILES string of the molecule is C[C@H]1CN(C(=O)c2cc(=O)n(-c3ccccc3)[nH]2)Cc2nnc(C3CCOCC3)n21. The average molecular weight is 408 g/mol. The second-order valence-corrected chi connectivity index (χ2v) is 7.94. The standard InChI is InChI=1S/C21H24N6O3/c1-14-12-25(13-18-22-23-20(26(14)18)15-7-9-30-10-8-15)21(29)17-11-19(28)27(24-17)16-5-3-2-4-6-16/h2-6,11,14-15,24H,7-10,12-13H2,1H3/t14-/m0/s1. The van der Waals surface area contributed by atoms with Crippen molar-refractivity contribution in [2.24, 2.45) is 0 Å². The van der Waals surface area contributed by atoms with Gasteiger partial charge in [-0.15, -0.1) is 10.2 Å². The molecule has 1 atom stereocenters. The zero-order valence-electron chi connectivity index (χ0n) is 16.8. The van der Waals surface area contributed by atoms with Crippen molar-refractivity contribution < 1.29 is 9.53 Å². The highest BCUT2D eigenvalue weighted by Gasteiger charge is 2.33. The topological polar surface area (TPSA) is 98.0 Å². The number of ether oxygens (including phenoxy) is 1. The Morgan fingerprint density at radius 2 is 1.93 bits per heavy atom. The first-order chi connectivity index (χ1) is 14.6. The maximum absolute atomic E-state index is 13.1. The Balaban J connectivity index is 1.39. The first kappa shape index (κ1) is 18.8.